The summed E-state index contributed by atoms with van der Waals surface area (Å²) in [6, 6.07) is 10.6. The number of aromatic nitrogens is 2. The number of hydrogen-bond donors (Lipinski definition) is 0. The molecular weight excluding hydrogens is 362 g/mol. The van der Waals surface area contributed by atoms with Crippen LogP contribution in [0.3, 0.4) is 0 Å². The Kier molecular flexibility index (Phi) is 4.76. The maximum absolute atomic E-state index is 12.4. The van der Waals surface area contributed by atoms with Crippen LogP contribution in [-0.2, 0) is 20.9 Å². The lowest BCUT2D eigenvalue weighted by Crippen LogP contribution is -2.32. The fraction of sp³-hybridized carbons (Fsp3) is 0.200. The number of ether oxygens (including phenoxy) is 1. The zero-order valence-corrected chi connectivity index (χ0v) is 15.1. The van der Waals surface area contributed by atoms with Gasteiger partial charge in [0.05, 0.1) is 18.7 Å². The molecule has 1 atom stereocenters. The van der Waals surface area contributed by atoms with Crippen molar-refractivity contribution in [3.05, 3.63) is 65.9 Å². The standard InChI is InChI=1S/C20H17N3O5/c1-13(24)23-9-8-14-5-2-3-6-15(14)16(23)11-19(25)27-12-18-21-22-20(28-18)17-7-4-10-26-17/h2-10,16H,11-12H2,1H3/t16-/m1/s1. The molecule has 8 heteroatoms. The average Bonchev–Trinajstić information content (AvgIpc) is 3.38. The van der Waals surface area contributed by atoms with Crippen molar-refractivity contribution < 1.29 is 23.2 Å². The second-order valence-electron chi connectivity index (χ2n) is 6.23. The van der Waals surface area contributed by atoms with Gasteiger partial charge in [0.15, 0.2) is 12.4 Å². The van der Waals surface area contributed by atoms with E-state index < -0.39 is 12.0 Å². The van der Waals surface area contributed by atoms with E-state index in [0.29, 0.717) is 5.76 Å². The summed E-state index contributed by atoms with van der Waals surface area (Å²) in [4.78, 5) is 25.9. The van der Waals surface area contributed by atoms with Crippen LogP contribution in [0.2, 0.25) is 0 Å². The van der Waals surface area contributed by atoms with Gasteiger partial charge in [-0.1, -0.05) is 24.3 Å². The number of furan rings is 1. The van der Waals surface area contributed by atoms with Crippen LogP contribution in [0, 0.1) is 0 Å². The van der Waals surface area contributed by atoms with E-state index in [1.54, 1.807) is 18.3 Å². The highest BCUT2D eigenvalue weighted by molar-refractivity contribution is 5.80. The second-order valence-corrected chi connectivity index (χ2v) is 6.23. The van der Waals surface area contributed by atoms with E-state index in [1.807, 2.05) is 30.3 Å². The van der Waals surface area contributed by atoms with Crippen LogP contribution in [0.15, 0.2) is 57.7 Å². The zero-order chi connectivity index (χ0) is 19.5. The molecule has 0 fully saturated rings. The number of carbonyl (C=O) groups is 2. The number of rotatable bonds is 5. The molecule has 0 saturated carbocycles. The van der Waals surface area contributed by atoms with Gasteiger partial charge >= 0.3 is 5.97 Å². The minimum Gasteiger partial charge on any atom is -0.459 e. The molecule has 0 radical (unpaired) electrons. The van der Waals surface area contributed by atoms with Gasteiger partial charge in [0.25, 0.3) is 11.8 Å². The van der Waals surface area contributed by atoms with E-state index >= 15 is 0 Å². The van der Waals surface area contributed by atoms with E-state index in [9.17, 15) is 9.59 Å². The van der Waals surface area contributed by atoms with E-state index in [1.165, 1.54) is 18.1 Å². The van der Waals surface area contributed by atoms with Gasteiger partial charge in [-0.05, 0) is 29.3 Å². The molecule has 1 aliphatic rings. The molecule has 2 aromatic heterocycles. The largest absolute Gasteiger partial charge is 0.459 e. The summed E-state index contributed by atoms with van der Waals surface area (Å²) in [5.74, 6) is 0.188. The maximum atomic E-state index is 12.4. The Morgan fingerprint density at radius 3 is 2.82 bits per heavy atom. The molecule has 1 aromatic carbocycles. The zero-order valence-electron chi connectivity index (χ0n) is 15.1. The molecule has 3 aromatic rings. The van der Waals surface area contributed by atoms with Gasteiger partial charge in [0, 0.05) is 13.1 Å². The highest BCUT2D eigenvalue weighted by Crippen LogP contribution is 2.33. The molecule has 0 N–H and O–H groups in total. The first-order valence-electron chi connectivity index (χ1n) is 8.70. The Balaban J connectivity index is 1.42. The van der Waals surface area contributed by atoms with Gasteiger partial charge < -0.3 is 18.5 Å². The highest BCUT2D eigenvalue weighted by Gasteiger charge is 2.29. The van der Waals surface area contributed by atoms with Gasteiger partial charge in [0.2, 0.25) is 5.91 Å². The third-order valence-electron chi connectivity index (χ3n) is 4.38. The van der Waals surface area contributed by atoms with Crippen LogP contribution in [-0.4, -0.2) is 27.0 Å². The molecule has 1 amide bonds. The molecule has 142 valence electrons. The van der Waals surface area contributed by atoms with Gasteiger partial charge in [0.1, 0.15) is 0 Å². The van der Waals surface area contributed by atoms with Crippen LogP contribution in [0.1, 0.15) is 36.4 Å². The number of fused-ring (bicyclic) bond motifs is 1. The van der Waals surface area contributed by atoms with Crippen LogP contribution < -0.4 is 0 Å². The SMILES string of the molecule is CC(=O)N1C=Cc2ccccc2[C@H]1CC(=O)OCc1nnc(-c2ccco2)o1. The van der Waals surface area contributed by atoms with Crippen molar-refractivity contribution >= 4 is 18.0 Å². The summed E-state index contributed by atoms with van der Waals surface area (Å²) < 4.78 is 15.9. The lowest BCUT2D eigenvalue weighted by Gasteiger charge is -2.32. The van der Waals surface area contributed by atoms with E-state index in [0.717, 1.165) is 11.1 Å². The van der Waals surface area contributed by atoms with Crippen molar-refractivity contribution in [2.75, 3.05) is 0 Å². The Morgan fingerprint density at radius 1 is 1.18 bits per heavy atom. The third-order valence-corrected chi connectivity index (χ3v) is 4.38. The summed E-state index contributed by atoms with van der Waals surface area (Å²) in [5, 5.41) is 7.69. The normalized spacial score (nSPS) is 15.3. The van der Waals surface area contributed by atoms with Crippen molar-refractivity contribution in [3.8, 4) is 11.7 Å². The van der Waals surface area contributed by atoms with Crippen molar-refractivity contribution in [2.45, 2.75) is 26.0 Å². The predicted molar refractivity (Wildman–Crippen MR) is 97.2 cm³/mol. The molecule has 28 heavy (non-hydrogen) atoms. The lowest BCUT2D eigenvalue weighted by atomic mass is 9.94. The quantitative estimate of drug-likeness (QED) is 0.627. The van der Waals surface area contributed by atoms with Crippen molar-refractivity contribution in [1.29, 1.82) is 0 Å². The first-order chi connectivity index (χ1) is 13.6. The summed E-state index contributed by atoms with van der Waals surface area (Å²) in [5.41, 5.74) is 1.87. The first kappa shape index (κ1) is 17.7. The molecule has 0 bridgehead atoms. The Hall–Kier alpha value is -3.68. The number of amides is 1. The number of carbonyl (C=O) groups excluding carboxylic acids is 2. The third kappa shape index (κ3) is 3.57. The Morgan fingerprint density at radius 2 is 2.04 bits per heavy atom. The highest BCUT2D eigenvalue weighted by atomic mass is 16.5. The summed E-state index contributed by atoms with van der Waals surface area (Å²) >= 11 is 0. The first-order valence-corrected chi connectivity index (χ1v) is 8.70. The minimum absolute atomic E-state index is 0.0140. The van der Waals surface area contributed by atoms with Gasteiger partial charge in [-0.15, -0.1) is 10.2 Å². The summed E-state index contributed by atoms with van der Waals surface area (Å²) in [7, 11) is 0. The van der Waals surface area contributed by atoms with Crippen molar-refractivity contribution in [3.63, 3.8) is 0 Å². The average molecular weight is 379 g/mol. The second kappa shape index (κ2) is 7.51. The molecule has 4 rings (SSSR count). The number of hydrogen-bond acceptors (Lipinski definition) is 7. The summed E-state index contributed by atoms with van der Waals surface area (Å²) in [6.45, 7) is 1.31. The monoisotopic (exact) mass is 379 g/mol. The van der Waals surface area contributed by atoms with Crippen molar-refractivity contribution in [1.82, 2.24) is 15.1 Å². The van der Waals surface area contributed by atoms with Crippen LogP contribution in [0.25, 0.3) is 17.7 Å². The number of nitrogens with zero attached hydrogens (tertiary/aromatic N) is 3. The molecule has 8 nitrogen and oxygen atoms in total. The Bertz CT molecular complexity index is 1020. The van der Waals surface area contributed by atoms with Crippen LogP contribution in [0.5, 0.6) is 0 Å². The lowest BCUT2D eigenvalue weighted by molar-refractivity contribution is -0.147. The fourth-order valence-corrected chi connectivity index (χ4v) is 3.08. The molecule has 0 spiro atoms. The molecule has 0 saturated heterocycles. The fourth-order valence-electron chi connectivity index (χ4n) is 3.08. The Labute approximate surface area is 160 Å². The summed E-state index contributed by atoms with van der Waals surface area (Å²) in [6.07, 6.45) is 5.06. The number of benzene rings is 1. The molecule has 1 aliphatic heterocycles. The predicted octanol–water partition coefficient (Wildman–Crippen LogP) is 3.34. The molecule has 3 heterocycles. The smallest absolute Gasteiger partial charge is 0.308 e. The van der Waals surface area contributed by atoms with E-state index in [2.05, 4.69) is 10.2 Å². The minimum atomic E-state index is -0.473. The van der Waals surface area contributed by atoms with Crippen LogP contribution >= 0.6 is 0 Å². The van der Waals surface area contributed by atoms with Gasteiger partial charge in [-0.25, -0.2) is 0 Å². The van der Waals surface area contributed by atoms with E-state index in [-0.39, 0.29) is 30.7 Å². The van der Waals surface area contributed by atoms with Gasteiger partial charge in [-0.2, -0.15) is 0 Å². The van der Waals surface area contributed by atoms with Gasteiger partial charge in [-0.3, -0.25) is 9.59 Å². The van der Waals surface area contributed by atoms with E-state index in [4.69, 9.17) is 13.6 Å². The maximum Gasteiger partial charge on any atom is 0.308 e. The van der Waals surface area contributed by atoms with Crippen LogP contribution in [0.4, 0.5) is 0 Å². The topological polar surface area (TPSA) is 98.7 Å². The van der Waals surface area contributed by atoms with Crippen molar-refractivity contribution in [2.24, 2.45) is 0 Å². The molecule has 0 unspecified atom stereocenters. The molecular formula is C20H17N3O5. The molecule has 0 aliphatic carbocycles. The number of esters is 1.